The second kappa shape index (κ2) is 4.10. The molecule has 3 aromatic rings. The number of carbonyl (C=O) groups is 1. The van der Waals surface area contributed by atoms with Crippen molar-refractivity contribution >= 4 is 45.1 Å². The van der Waals surface area contributed by atoms with Crippen LogP contribution in [0.4, 0.5) is 5.69 Å². The van der Waals surface area contributed by atoms with E-state index in [1.54, 1.807) is 0 Å². The number of hydrogen-bond acceptors (Lipinski definition) is 2. The van der Waals surface area contributed by atoms with Crippen LogP contribution in [0.15, 0.2) is 42.5 Å². The number of H-pyrrole nitrogens is 1. The zero-order valence-corrected chi connectivity index (χ0v) is 13.7. The maximum atomic E-state index is 12.5. The monoisotopic (exact) mass is 401 g/mol. The molecular weight excluding hydrogens is 389 g/mol. The van der Waals surface area contributed by atoms with Crippen molar-refractivity contribution in [3.05, 3.63) is 57.3 Å². The Morgan fingerprint density at radius 3 is 3.00 bits per heavy atom. The largest absolute Gasteiger partial charge is 0.325 e. The second-order valence-electron chi connectivity index (χ2n) is 6.04. The van der Waals surface area contributed by atoms with E-state index >= 15 is 0 Å². The normalized spacial score (nSPS) is 25.5. The number of aromatic amines is 1. The maximum Gasteiger partial charge on any atom is 0.235 e. The molecule has 1 amide bonds. The van der Waals surface area contributed by atoms with Crippen molar-refractivity contribution in [1.82, 2.24) is 10.2 Å². The zero-order valence-electron chi connectivity index (χ0n) is 11.6. The standard InChI is InChI=1S/C17H12IN3O/c18-15-10-7-9(5-6-13(10)20-21-15)12-8-17(12)11-3-1-2-4-14(11)19-16(17)22/h1-7,12H,8H2,(H,19,22)(H,20,21)/t12-,17+/m0/s1. The van der Waals surface area contributed by atoms with E-state index in [2.05, 4.69) is 56.3 Å². The number of fused-ring (bicyclic) bond motifs is 3. The fourth-order valence-corrected chi connectivity index (χ4v) is 4.32. The number of rotatable bonds is 1. The van der Waals surface area contributed by atoms with Gasteiger partial charge in [0.1, 0.15) is 3.70 Å². The minimum Gasteiger partial charge on any atom is -0.325 e. The van der Waals surface area contributed by atoms with Gasteiger partial charge in [0.25, 0.3) is 0 Å². The van der Waals surface area contributed by atoms with Crippen molar-refractivity contribution in [2.24, 2.45) is 0 Å². The van der Waals surface area contributed by atoms with Crippen LogP contribution in [0.3, 0.4) is 0 Å². The highest BCUT2D eigenvalue weighted by Crippen LogP contribution is 2.64. The third-order valence-electron chi connectivity index (χ3n) is 4.96. The van der Waals surface area contributed by atoms with Crippen LogP contribution in [0.25, 0.3) is 10.9 Å². The van der Waals surface area contributed by atoms with Crippen molar-refractivity contribution in [3.63, 3.8) is 0 Å². The van der Waals surface area contributed by atoms with Gasteiger partial charge in [0.05, 0.1) is 10.9 Å². The lowest BCUT2D eigenvalue weighted by molar-refractivity contribution is -0.118. The molecule has 0 bridgehead atoms. The lowest BCUT2D eigenvalue weighted by Crippen LogP contribution is -2.20. The van der Waals surface area contributed by atoms with Gasteiger partial charge in [-0.25, -0.2) is 0 Å². The number of hydrogen-bond donors (Lipinski definition) is 2. The smallest absolute Gasteiger partial charge is 0.235 e. The highest BCUT2D eigenvalue weighted by molar-refractivity contribution is 14.1. The average molecular weight is 401 g/mol. The molecule has 108 valence electrons. The number of carbonyl (C=O) groups excluding carboxylic acids is 1. The first kappa shape index (κ1) is 12.6. The van der Waals surface area contributed by atoms with Crippen molar-refractivity contribution in [2.75, 3.05) is 5.32 Å². The number of nitrogens with zero attached hydrogens (tertiary/aromatic N) is 1. The Labute approximate surface area is 140 Å². The molecule has 4 nitrogen and oxygen atoms in total. The molecule has 5 heteroatoms. The predicted molar refractivity (Wildman–Crippen MR) is 92.9 cm³/mol. The lowest BCUT2D eigenvalue weighted by atomic mass is 9.92. The van der Waals surface area contributed by atoms with Gasteiger partial charge in [-0.05, 0) is 58.3 Å². The summed E-state index contributed by atoms with van der Waals surface area (Å²) in [6.45, 7) is 0. The first-order chi connectivity index (χ1) is 10.7. The fourth-order valence-electron chi connectivity index (χ4n) is 3.76. The summed E-state index contributed by atoms with van der Waals surface area (Å²) < 4.78 is 1.04. The van der Waals surface area contributed by atoms with Crippen LogP contribution in [0.2, 0.25) is 0 Å². The highest BCUT2D eigenvalue weighted by atomic mass is 127. The zero-order chi connectivity index (χ0) is 14.9. The van der Waals surface area contributed by atoms with Gasteiger partial charge in [0, 0.05) is 17.0 Å². The summed E-state index contributed by atoms with van der Waals surface area (Å²) in [4.78, 5) is 12.5. The minimum atomic E-state index is -0.362. The Morgan fingerprint density at radius 2 is 2.09 bits per heavy atom. The van der Waals surface area contributed by atoms with E-state index in [9.17, 15) is 4.79 Å². The molecule has 1 aliphatic carbocycles. The molecule has 2 N–H and O–H groups in total. The Kier molecular flexibility index (Phi) is 2.35. The van der Waals surface area contributed by atoms with E-state index in [1.165, 1.54) is 5.56 Å². The summed E-state index contributed by atoms with van der Waals surface area (Å²) in [6, 6.07) is 14.4. The SMILES string of the molecule is O=C1Nc2ccccc2[C@@]12C[C@H]2c1ccc2n[nH]c(I)c2c1. The average Bonchev–Trinajstić information content (AvgIpc) is 3.10. The van der Waals surface area contributed by atoms with Crippen LogP contribution in [0.1, 0.15) is 23.5 Å². The van der Waals surface area contributed by atoms with Crippen LogP contribution in [-0.2, 0) is 10.2 Å². The number of aromatic nitrogens is 2. The van der Waals surface area contributed by atoms with Crippen LogP contribution in [0, 0.1) is 3.70 Å². The van der Waals surface area contributed by atoms with E-state index in [1.807, 2.05) is 24.3 Å². The molecule has 2 aromatic carbocycles. The van der Waals surface area contributed by atoms with Gasteiger partial charge in [0.2, 0.25) is 5.91 Å². The van der Waals surface area contributed by atoms with Crippen molar-refractivity contribution < 1.29 is 4.79 Å². The van der Waals surface area contributed by atoms with Gasteiger partial charge in [0.15, 0.2) is 0 Å². The molecule has 5 rings (SSSR count). The summed E-state index contributed by atoms with van der Waals surface area (Å²) in [5.74, 6) is 0.395. The molecule has 2 atom stereocenters. The van der Waals surface area contributed by atoms with E-state index in [0.29, 0.717) is 0 Å². The van der Waals surface area contributed by atoms with Gasteiger partial charge in [-0.15, -0.1) is 0 Å². The number of benzene rings is 2. The van der Waals surface area contributed by atoms with Crippen LogP contribution >= 0.6 is 22.6 Å². The molecule has 0 saturated heterocycles. The Hall–Kier alpha value is -1.89. The quantitative estimate of drug-likeness (QED) is 0.613. The van der Waals surface area contributed by atoms with Crippen LogP contribution in [0.5, 0.6) is 0 Å². The number of anilines is 1. The summed E-state index contributed by atoms with van der Waals surface area (Å²) in [7, 11) is 0. The third kappa shape index (κ3) is 1.47. The van der Waals surface area contributed by atoms with Gasteiger partial charge in [-0.1, -0.05) is 24.3 Å². The Morgan fingerprint density at radius 1 is 1.23 bits per heavy atom. The Bertz CT molecular complexity index is 948. The summed E-state index contributed by atoms with van der Waals surface area (Å²) in [5, 5.41) is 11.4. The fraction of sp³-hybridized carbons (Fsp3) is 0.176. The molecule has 22 heavy (non-hydrogen) atoms. The molecule has 2 aliphatic rings. The topological polar surface area (TPSA) is 57.8 Å². The summed E-state index contributed by atoms with van der Waals surface area (Å²) in [5.41, 5.74) is 3.94. The number of halogens is 1. The summed E-state index contributed by atoms with van der Waals surface area (Å²) >= 11 is 2.26. The number of para-hydroxylation sites is 1. The van der Waals surface area contributed by atoms with E-state index < -0.39 is 0 Å². The highest BCUT2D eigenvalue weighted by Gasteiger charge is 2.65. The van der Waals surface area contributed by atoms with E-state index in [0.717, 1.165) is 32.3 Å². The molecular formula is C17H12IN3O. The van der Waals surface area contributed by atoms with E-state index in [-0.39, 0.29) is 17.2 Å². The lowest BCUT2D eigenvalue weighted by Gasteiger charge is -2.08. The molecule has 0 radical (unpaired) electrons. The van der Waals surface area contributed by atoms with Gasteiger partial charge in [-0.3, -0.25) is 9.89 Å². The predicted octanol–water partition coefficient (Wildman–Crippen LogP) is 3.54. The number of nitrogens with one attached hydrogen (secondary N) is 2. The van der Waals surface area contributed by atoms with Crippen molar-refractivity contribution in [3.8, 4) is 0 Å². The first-order valence-electron chi connectivity index (χ1n) is 7.24. The van der Waals surface area contributed by atoms with Crippen LogP contribution in [-0.4, -0.2) is 16.1 Å². The molecule has 1 aromatic heterocycles. The number of amides is 1. The first-order valence-corrected chi connectivity index (χ1v) is 8.32. The summed E-state index contributed by atoms with van der Waals surface area (Å²) in [6.07, 6.45) is 0.885. The molecule has 1 spiro atoms. The van der Waals surface area contributed by atoms with Gasteiger partial charge >= 0.3 is 0 Å². The molecule has 1 saturated carbocycles. The van der Waals surface area contributed by atoms with Gasteiger partial charge < -0.3 is 5.32 Å². The van der Waals surface area contributed by atoms with Crippen LogP contribution < -0.4 is 5.32 Å². The second-order valence-corrected chi connectivity index (χ2v) is 7.12. The molecule has 2 heterocycles. The molecule has 0 unspecified atom stereocenters. The third-order valence-corrected chi connectivity index (χ3v) is 5.78. The Balaban J connectivity index is 1.63. The molecule has 1 aliphatic heterocycles. The van der Waals surface area contributed by atoms with Gasteiger partial charge in [-0.2, -0.15) is 5.10 Å². The van der Waals surface area contributed by atoms with Crippen molar-refractivity contribution in [2.45, 2.75) is 17.8 Å². The maximum absolute atomic E-state index is 12.5. The minimum absolute atomic E-state index is 0.140. The molecule has 1 fully saturated rings. The van der Waals surface area contributed by atoms with Crippen molar-refractivity contribution in [1.29, 1.82) is 0 Å². The van der Waals surface area contributed by atoms with E-state index in [4.69, 9.17) is 0 Å².